The van der Waals surface area contributed by atoms with E-state index < -0.39 is 0 Å². The number of amides is 1. The lowest BCUT2D eigenvalue weighted by Gasteiger charge is -2.06. The molecule has 0 unspecified atom stereocenters. The Labute approximate surface area is 134 Å². The highest BCUT2D eigenvalue weighted by molar-refractivity contribution is 6.33. The molecule has 0 atom stereocenters. The Bertz CT molecular complexity index is 823. The van der Waals surface area contributed by atoms with Gasteiger partial charge < -0.3 is 10.3 Å². The number of fused-ring (bicyclic) bond motifs is 1. The van der Waals surface area contributed by atoms with Gasteiger partial charge in [-0.15, -0.1) is 0 Å². The smallest absolute Gasteiger partial charge is 0.252 e. The molecule has 0 aliphatic rings. The maximum Gasteiger partial charge on any atom is 0.252 e. The first-order chi connectivity index (χ1) is 10.6. The molecule has 1 heterocycles. The van der Waals surface area contributed by atoms with Crippen LogP contribution in [-0.2, 0) is 6.42 Å². The Morgan fingerprint density at radius 3 is 2.86 bits per heavy atom. The predicted molar refractivity (Wildman–Crippen MR) is 90.5 cm³/mol. The summed E-state index contributed by atoms with van der Waals surface area (Å²) in [6.07, 6.45) is 2.78. The molecule has 4 heteroatoms. The van der Waals surface area contributed by atoms with Crippen LogP contribution in [0.4, 0.5) is 0 Å². The lowest BCUT2D eigenvalue weighted by molar-refractivity contribution is 0.0954. The Balaban J connectivity index is 1.66. The number of aromatic amines is 1. The fourth-order valence-corrected chi connectivity index (χ4v) is 2.77. The second kappa shape index (κ2) is 6.24. The van der Waals surface area contributed by atoms with Crippen molar-refractivity contribution in [3.63, 3.8) is 0 Å². The van der Waals surface area contributed by atoms with Crippen LogP contribution in [0.1, 0.15) is 21.5 Å². The third-order valence-corrected chi connectivity index (χ3v) is 4.05. The molecule has 0 fully saturated rings. The molecule has 0 aliphatic carbocycles. The number of carbonyl (C=O) groups excluding carboxylic acids is 1. The first kappa shape index (κ1) is 14.7. The molecule has 0 saturated heterocycles. The molecule has 3 rings (SSSR count). The Hall–Kier alpha value is -2.26. The van der Waals surface area contributed by atoms with Gasteiger partial charge in [0.05, 0.1) is 10.6 Å². The van der Waals surface area contributed by atoms with Crippen molar-refractivity contribution in [2.75, 3.05) is 6.54 Å². The molecule has 2 N–H and O–H groups in total. The summed E-state index contributed by atoms with van der Waals surface area (Å²) >= 11 is 6.03. The fraction of sp³-hybridized carbons (Fsp3) is 0.167. The largest absolute Gasteiger partial charge is 0.361 e. The molecule has 1 amide bonds. The highest BCUT2D eigenvalue weighted by atomic mass is 35.5. The van der Waals surface area contributed by atoms with Crippen molar-refractivity contribution in [2.45, 2.75) is 13.3 Å². The normalized spacial score (nSPS) is 10.8. The number of rotatable bonds is 4. The van der Waals surface area contributed by atoms with Gasteiger partial charge in [0.15, 0.2) is 0 Å². The minimum atomic E-state index is -0.137. The van der Waals surface area contributed by atoms with Crippen molar-refractivity contribution < 1.29 is 4.79 Å². The first-order valence-corrected chi connectivity index (χ1v) is 7.62. The lowest BCUT2D eigenvalue weighted by atomic mass is 10.1. The molecule has 0 saturated carbocycles. The Kier molecular flexibility index (Phi) is 4.16. The molecule has 3 aromatic rings. The van der Waals surface area contributed by atoms with Gasteiger partial charge in [0, 0.05) is 23.6 Å². The van der Waals surface area contributed by atoms with Gasteiger partial charge >= 0.3 is 0 Å². The highest BCUT2D eigenvalue weighted by Crippen LogP contribution is 2.20. The van der Waals surface area contributed by atoms with Crippen LogP contribution in [0.3, 0.4) is 0 Å². The summed E-state index contributed by atoms with van der Waals surface area (Å²) in [6, 6.07) is 13.4. The second-order valence-electron chi connectivity index (χ2n) is 5.35. The number of aryl methyl sites for hydroxylation is 1. The van der Waals surface area contributed by atoms with Crippen LogP contribution in [-0.4, -0.2) is 17.4 Å². The zero-order valence-corrected chi connectivity index (χ0v) is 13.1. The van der Waals surface area contributed by atoms with E-state index in [1.807, 2.05) is 18.3 Å². The number of nitrogens with one attached hydrogen (secondary N) is 2. The number of hydrogen-bond donors (Lipinski definition) is 2. The van der Waals surface area contributed by atoms with Crippen molar-refractivity contribution >= 4 is 28.4 Å². The van der Waals surface area contributed by atoms with Crippen molar-refractivity contribution in [1.29, 1.82) is 0 Å². The molecule has 0 aliphatic heterocycles. The highest BCUT2D eigenvalue weighted by Gasteiger charge is 2.09. The fourth-order valence-electron chi connectivity index (χ4n) is 2.55. The second-order valence-corrected chi connectivity index (χ2v) is 5.76. The molecule has 22 heavy (non-hydrogen) atoms. The number of H-pyrrole nitrogens is 1. The standard InChI is InChI=1S/C18H17ClN2O/c1-12-6-7-17-15(10-12)13(11-21-17)8-9-20-18(22)14-4-2-3-5-16(14)19/h2-7,10-11,21H,8-9H2,1H3,(H,20,22). The molecular weight excluding hydrogens is 296 g/mol. The third-order valence-electron chi connectivity index (χ3n) is 3.72. The molecule has 0 radical (unpaired) electrons. The van der Waals surface area contributed by atoms with Gasteiger partial charge in [-0.3, -0.25) is 4.79 Å². The summed E-state index contributed by atoms with van der Waals surface area (Å²) in [5.41, 5.74) is 4.07. The zero-order valence-electron chi connectivity index (χ0n) is 12.3. The predicted octanol–water partition coefficient (Wildman–Crippen LogP) is 4.10. The van der Waals surface area contributed by atoms with E-state index in [2.05, 4.69) is 35.4 Å². The van der Waals surface area contributed by atoms with Crippen LogP contribution in [0.15, 0.2) is 48.7 Å². The molecule has 0 bridgehead atoms. The summed E-state index contributed by atoms with van der Waals surface area (Å²) in [7, 11) is 0. The van der Waals surface area contributed by atoms with Crippen LogP contribution in [0, 0.1) is 6.92 Å². The minimum absolute atomic E-state index is 0.137. The van der Waals surface area contributed by atoms with E-state index in [9.17, 15) is 4.79 Å². The average Bonchev–Trinajstić information content (AvgIpc) is 2.90. The number of halogens is 1. The summed E-state index contributed by atoms with van der Waals surface area (Å²) in [4.78, 5) is 15.4. The van der Waals surface area contributed by atoms with Gasteiger partial charge in [0.2, 0.25) is 0 Å². The van der Waals surface area contributed by atoms with Crippen LogP contribution in [0.25, 0.3) is 10.9 Å². The number of aromatic nitrogens is 1. The van der Waals surface area contributed by atoms with Crippen LogP contribution in [0.2, 0.25) is 5.02 Å². The third kappa shape index (κ3) is 3.00. The molecule has 0 spiro atoms. The van der Waals surface area contributed by atoms with Crippen LogP contribution in [0.5, 0.6) is 0 Å². The quantitative estimate of drug-likeness (QED) is 0.748. The van der Waals surface area contributed by atoms with Crippen molar-refractivity contribution in [3.05, 3.63) is 70.4 Å². The lowest BCUT2D eigenvalue weighted by Crippen LogP contribution is -2.25. The molecular formula is C18H17ClN2O. The van der Waals surface area contributed by atoms with E-state index in [1.54, 1.807) is 12.1 Å². The SMILES string of the molecule is Cc1ccc2[nH]cc(CCNC(=O)c3ccccc3Cl)c2c1. The van der Waals surface area contributed by atoms with E-state index in [1.165, 1.54) is 16.5 Å². The number of carbonyl (C=O) groups is 1. The molecule has 112 valence electrons. The Morgan fingerprint density at radius 1 is 1.23 bits per heavy atom. The Morgan fingerprint density at radius 2 is 2.05 bits per heavy atom. The molecule has 2 aromatic carbocycles. The van der Waals surface area contributed by atoms with E-state index in [4.69, 9.17) is 11.6 Å². The first-order valence-electron chi connectivity index (χ1n) is 7.24. The zero-order chi connectivity index (χ0) is 15.5. The van der Waals surface area contributed by atoms with E-state index in [-0.39, 0.29) is 5.91 Å². The maximum absolute atomic E-state index is 12.1. The molecule has 1 aromatic heterocycles. The van der Waals surface area contributed by atoms with E-state index >= 15 is 0 Å². The van der Waals surface area contributed by atoms with Crippen LogP contribution < -0.4 is 5.32 Å². The van der Waals surface area contributed by atoms with E-state index in [0.29, 0.717) is 17.1 Å². The monoisotopic (exact) mass is 312 g/mol. The van der Waals surface area contributed by atoms with Gasteiger partial charge in [0.25, 0.3) is 5.91 Å². The van der Waals surface area contributed by atoms with Gasteiger partial charge in [-0.05, 0) is 43.2 Å². The molecule has 3 nitrogen and oxygen atoms in total. The summed E-state index contributed by atoms with van der Waals surface area (Å²) in [5.74, 6) is -0.137. The van der Waals surface area contributed by atoms with Crippen molar-refractivity contribution in [1.82, 2.24) is 10.3 Å². The van der Waals surface area contributed by atoms with Gasteiger partial charge in [-0.25, -0.2) is 0 Å². The van der Waals surface area contributed by atoms with Crippen molar-refractivity contribution in [3.8, 4) is 0 Å². The van der Waals surface area contributed by atoms with Crippen molar-refractivity contribution in [2.24, 2.45) is 0 Å². The topological polar surface area (TPSA) is 44.9 Å². The summed E-state index contributed by atoms with van der Waals surface area (Å²) in [6.45, 7) is 2.65. The van der Waals surface area contributed by atoms with Gasteiger partial charge in [0.1, 0.15) is 0 Å². The average molecular weight is 313 g/mol. The number of benzene rings is 2. The summed E-state index contributed by atoms with van der Waals surface area (Å²) < 4.78 is 0. The number of hydrogen-bond acceptors (Lipinski definition) is 1. The van der Waals surface area contributed by atoms with Gasteiger partial charge in [-0.1, -0.05) is 35.4 Å². The van der Waals surface area contributed by atoms with Gasteiger partial charge in [-0.2, -0.15) is 0 Å². The van der Waals surface area contributed by atoms with E-state index in [0.717, 1.165) is 11.9 Å². The maximum atomic E-state index is 12.1. The minimum Gasteiger partial charge on any atom is -0.361 e. The van der Waals surface area contributed by atoms with Crippen LogP contribution >= 0.6 is 11.6 Å². The summed E-state index contributed by atoms with van der Waals surface area (Å²) in [5, 5.41) is 4.61.